The molecule has 4 heteroatoms. The van der Waals surface area contributed by atoms with Gasteiger partial charge in [0, 0.05) is 16.7 Å². The van der Waals surface area contributed by atoms with Gasteiger partial charge >= 0.3 is 5.97 Å². The van der Waals surface area contributed by atoms with Crippen LogP contribution in [0.15, 0.2) is 46.9 Å². The van der Waals surface area contributed by atoms with E-state index in [0.29, 0.717) is 12.1 Å². The molecule has 2 rings (SSSR count). The third-order valence-electron chi connectivity index (χ3n) is 3.04. The molecule has 0 saturated carbocycles. The third kappa shape index (κ3) is 3.39. The van der Waals surface area contributed by atoms with Crippen LogP contribution in [-0.2, 0) is 11.3 Å². The average molecular weight is 334 g/mol. The zero-order chi connectivity index (χ0) is 14.5. The molecule has 0 unspecified atom stereocenters. The molecule has 104 valence electrons. The van der Waals surface area contributed by atoms with E-state index < -0.39 is 0 Å². The monoisotopic (exact) mass is 333 g/mol. The summed E-state index contributed by atoms with van der Waals surface area (Å²) in [6, 6.07) is 13.5. The molecule has 1 N–H and O–H groups in total. The van der Waals surface area contributed by atoms with Crippen molar-refractivity contribution in [2.24, 2.45) is 0 Å². The van der Waals surface area contributed by atoms with Crippen LogP contribution in [0.1, 0.15) is 21.5 Å². The SMILES string of the molecule is COC(=O)c1ccccc1NCc1ccc(Br)c(C)c1. The van der Waals surface area contributed by atoms with Gasteiger partial charge in [-0.15, -0.1) is 0 Å². The zero-order valence-corrected chi connectivity index (χ0v) is 13.0. The summed E-state index contributed by atoms with van der Waals surface area (Å²) in [7, 11) is 1.39. The molecule has 0 spiro atoms. The second-order valence-electron chi connectivity index (χ2n) is 4.47. The van der Waals surface area contributed by atoms with Crippen LogP contribution in [0.5, 0.6) is 0 Å². The number of hydrogen-bond acceptors (Lipinski definition) is 3. The van der Waals surface area contributed by atoms with Crippen LogP contribution in [0, 0.1) is 6.92 Å². The van der Waals surface area contributed by atoms with Crippen LogP contribution < -0.4 is 5.32 Å². The minimum absolute atomic E-state index is 0.333. The standard InChI is InChI=1S/C16H16BrNO2/c1-11-9-12(7-8-14(11)17)10-18-15-6-4-3-5-13(15)16(19)20-2/h3-9,18H,10H2,1-2H3. The first kappa shape index (κ1) is 14.6. The molecule has 0 fully saturated rings. The van der Waals surface area contributed by atoms with Gasteiger partial charge in [-0.3, -0.25) is 0 Å². The molecule has 0 aromatic heterocycles. The minimum Gasteiger partial charge on any atom is -0.465 e. The molecule has 0 amide bonds. The number of anilines is 1. The maximum atomic E-state index is 11.7. The Labute approximate surface area is 127 Å². The van der Waals surface area contributed by atoms with Gasteiger partial charge in [-0.2, -0.15) is 0 Å². The van der Waals surface area contributed by atoms with Gasteiger partial charge in [0.15, 0.2) is 0 Å². The van der Waals surface area contributed by atoms with Crippen LogP contribution >= 0.6 is 15.9 Å². The molecule has 0 radical (unpaired) electrons. The van der Waals surface area contributed by atoms with Crippen molar-refractivity contribution in [3.05, 3.63) is 63.6 Å². The number of carbonyl (C=O) groups excluding carboxylic acids is 1. The summed E-state index contributed by atoms with van der Waals surface area (Å²) in [5.74, 6) is -0.333. The second-order valence-corrected chi connectivity index (χ2v) is 5.33. The lowest BCUT2D eigenvalue weighted by molar-refractivity contribution is 0.0602. The van der Waals surface area contributed by atoms with Gasteiger partial charge in [-0.1, -0.05) is 40.2 Å². The van der Waals surface area contributed by atoms with Crippen molar-refractivity contribution >= 4 is 27.6 Å². The Balaban J connectivity index is 2.14. The van der Waals surface area contributed by atoms with Crippen molar-refractivity contribution in [3.8, 4) is 0 Å². The molecule has 0 saturated heterocycles. The van der Waals surface area contributed by atoms with Crippen molar-refractivity contribution < 1.29 is 9.53 Å². The van der Waals surface area contributed by atoms with Gasteiger partial charge in [0.1, 0.15) is 0 Å². The number of ether oxygens (including phenoxy) is 1. The maximum Gasteiger partial charge on any atom is 0.339 e. The normalized spacial score (nSPS) is 10.2. The summed E-state index contributed by atoms with van der Waals surface area (Å²) in [5, 5.41) is 3.28. The lowest BCUT2D eigenvalue weighted by Gasteiger charge is -2.11. The Morgan fingerprint density at radius 2 is 2.00 bits per heavy atom. The summed E-state index contributed by atoms with van der Waals surface area (Å²) in [5.41, 5.74) is 3.67. The molecule has 2 aromatic carbocycles. The Bertz CT molecular complexity index is 626. The fourth-order valence-corrected chi connectivity index (χ4v) is 2.19. The lowest BCUT2D eigenvalue weighted by atomic mass is 10.1. The number of esters is 1. The topological polar surface area (TPSA) is 38.3 Å². The van der Waals surface area contributed by atoms with Crippen LogP contribution in [0.3, 0.4) is 0 Å². The van der Waals surface area contributed by atoms with E-state index in [9.17, 15) is 4.79 Å². The fraction of sp³-hybridized carbons (Fsp3) is 0.188. The number of aryl methyl sites for hydroxylation is 1. The first-order valence-corrected chi connectivity index (χ1v) is 7.07. The van der Waals surface area contributed by atoms with E-state index in [1.165, 1.54) is 12.7 Å². The summed E-state index contributed by atoms with van der Waals surface area (Å²) >= 11 is 3.48. The molecule has 0 aliphatic heterocycles. The van der Waals surface area contributed by atoms with Gasteiger partial charge in [0.25, 0.3) is 0 Å². The van der Waals surface area contributed by atoms with Crippen molar-refractivity contribution in [1.82, 2.24) is 0 Å². The number of para-hydroxylation sites is 1. The molecule has 0 heterocycles. The van der Waals surface area contributed by atoms with Gasteiger partial charge in [0.2, 0.25) is 0 Å². The minimum atomic E-state index is -0.333. The largest absolute Gasteiger partial charge is 0.465 e. The summed E-state index contributed by atoms with van der Waals surface area (Å²) in [4.78, 5) is 11.7. The van der Waals surface area contributed by atoms with Crippen LogP contribution in [0.25, 0.3) is 0 Å². The van der Waals surface area contributed by atoms with Crippen molar-refractivity contribution in [2.45, 2.75) is 13.5 Å². The second kappa shape index (κ2) is 6.57. The number of benzene rings is 2. The van der Waals surface area contributed by atoms with Gasteiger partial charge < -0.3 is 10.1 Å². The van der Waals surface area contributed by atoms with Crippen LogP contribution in [0.4, 0.5) is 5.69 Å². The molecular formula is C16H16BrNO2. The number of methoxy groups -OCH3 is 1. The number of halogens is 1. The smallest absolute Gasteiger partial charge is 0.339 e. The molecule has 0 atom stereocenters. The third-order valence-corrected chi connectivity index (χ3v) is 3.93. The predicted molar refractivity (Wildman–Crippen MR) is 84.0 cm³/mol. The highest BCUT2D eigenvalue weighted by molar-refractivity contribution is 9.10. The lowest BCUT2D eigenvalue weighted by Crippen LogP contribution is -2.08. The van der Waals surface area contributed by atoms with Gasteiger partial charge in [0.05, 0.1) is 12.7 Å². The van der Waals surface area contributed by atoms with E-state index >= 15 is 0 Å². The maximum absolute atomic E-state index is 11.7. The van der Waals surface area contributed by atoms with Crippen molar-refractivity contribution in [2.75, 3.05) is 12.4 Å². The van der Waals surface area contributed by atoms with Crippen LogP contribution in [-0.4, -0.2) is 13.1 Å². The summed E-state index contributed by atoms with van der Waals surface area (Å²) in [6.07, 6.45) is 0. The Morgan fingerprint density at radius 3 is 2.70 bits per heavy atom. The van der Waals surface area contributed by atoms with Gasteiger partial charge in [-0.25, -0.2) is 4.79 Å². The molecular weight excluding hydrogens is 318 g/mol. The quantitative estimate of drug-likeness (QED) is 0.854. The number of rotatable bonds is 4. The van der Waals surface area contributed by atoms with Crippen LogP contribution in [0.2, 0.25) is 0 Å². The Morgan fingerprint density at radius 1 is 1.25 bits per heavy atom. The Kier molecular flexibility index (Phi) is 4.79. The number of hydrogen-bond donors (Lipinski definition) is 1. The Hall–Kier alpha value is -1.81. The van der Waals surface area contributed by atoms with E-state index in [1.807, 2.05) is 30.3 Å². The fourth-order valence-electron chi connectivity index (χ4n) is 1.94. The average Bonchev–Trinajstić information content (AvgIpc) is 2.48. The highest BCUT2D eigenvalue weighted by Gasteiger charge is 2.10. The molecule has 2 aromatic rings. The molecule has 0 bridgehead atoms. The van der Waals surface area contributed by atoms with Crippen molar-refractivity contribution in [3.63, 3.8) is 0 Å². The van der Waals surface area contributed by atoms with E-state index in [-0.39, 0.29) is 5.97 Å². The zero-order valence-electron chi connectivity index (χ0n) is 11.4. The number of nitrogens with one attached hydrogen (secondary N) is 1. The first-order valence-electron chi connectivity index (χ1n) is 6.28. The van der Waals surface area contributed by atoms with E-state index in [4.69, 9.17) is 4.74 Å². The highest BCUT2D eigenvalue weighted by atomic mass is 79.9. The predicted octanol–water partition coefficient (Wildman–Crippen LogP) is 4.16. The van der Waals surface area contributed by atoms with E-state index in [0.717, 1.165) is 15.7 Å². The van der Waals surface area contributed by atoms with Gasteiger partial charge in [-0.05, 0) is 36.2 Å². The molecule has 3 nitrogen and oxygen atoms in total. The van der Waals surface area contributed by atoms with Crippen molar-refractivity contribution in [1.29, 1.82) is 0 Å². The number of carbonyl (C=O) groups is 1. The van der Waals surface area contributed by atoms with E-state index in [2.05, 4.69) is 34.2 Å². The highest BCUT2D eigenvalue weighted by Crippen LogP contribution is 2.20. The van der Waals surface area contributed by atoms with E-state index in [1.54, 1.807) is 6.07 Å². The molecule has 0 aliphatic carbocycles. The summed E-state index contributed by atoms with van der Waals surface area (Å²) < 4.78 is 5.87. The first-order chi connectivity index (χ1) is 9.61. The summed E-state index contributed by atoms with van der Waals surface area (Å²) in [6.45, 7) is 2.71. The molecule has 20 heavy (non-hydrogen) atoms. The molecule has 0 aliphatic rings.